The Balaban J connectivity index is 0.000000413. The predicted molar refractivity (Wildman–Crippen MR) is 84.3 cm³/mol. The van der Waals surface area contributed by atoms with Crippen molar-refractivity contribution in [1.29, 1.82) is 0 Å². The number of nitrogens with zero attached hydrogens (tertiary/aromatic N) is 1. The van der Waals surface area contributed by atoms with Gasteiger partial charge in [0, 0.05) is 11.2 Å². The first-order valence-electron chi connectivity index (χ1n) is 6.51. The van der Waals surface area contributed by atoms with E-state index in [0.29, 0.717) is 5.02 Å². The molecule has 2 aromatic carbocycles. The molecule has 0 aliphatic carbocycles. The molecule has 0 aliphatic rings. The summed E-state index contributed by atoms with van der Waals surface area (Å²) in [7, 11) is 0. The molecule has 3 rings (SSSR count). The third-order valence-corrected chi connectivity index (χ3v) is 2.99. The summed E-state index contributed by atoms with van der Waals surface area (Å²) in [5, 5.41) is 10.5. The minimum absolute atomic E-state index is 0. The molecule has 0 atom stereocenters. The number of benzene rings is 2. The molecule has 124 valence electrons. The molecule has 0 saturated heterocycles. The van der Waals surface area contributed by atoms with Crippen LogP contribution in [-0.2, 0) is 19.8 Å². The summed E-state index contributed by atoms with van der Waals surface area (Å²) in [6, 6.07) is 24.1. The van der Waals surface area contributed by atoms with Crippen molar-refractivity contribution in [2.24, 2.45) is 0 Å². The molecule has 0 unspecified atom stereocenters. The second-order valence-electron chi connectivity index (χ2n) is 4.30. The Labute approximate surface area is 165 Å². The predicted octanol–water partition coefficient (Wildman–Crippen LogP) is 0.254. The van der Waals surface area contributed by atoms with Crippen LogP contribution in [0.2, 0.25) is 5.02 Å². The molecule has 0 N–H and O–H groups in total. The maximum Gasteiger partial charge on any atom is 2.00 e. The van der Waals surface area contributed by atoms with Gasteiger partial charge >= 0.3 is 19.8 Å². The van der Waals surface area contributed by atoms with E-state index in [0.717, 1.165) is 0 Å². The average molecular weight is 535 g/mol. The van der Waals surface area contributed by atoms with Crippen molar-refractivity contribution >= 4 is 17.6 Å². The van der Waals surface area contributed by atoms with Crippen LogP contribution in [0.1, 0.15) is 10.5 Å². The van der Waals surface area contributed by atoms with Gasteiger partial charge in [-0.15, -0.1) is 5.56 Å². The number of aromatic nitrogens is 1. The van der Waals surface area contributed by atoms with E-state index in [1.807, 2.05) is 30.3 Å². The van der Waals surface area contributed by atoms with Crippen LogP contribution in [0.25, 0.3) is 11.1 Å². The first kappa shape index (κ1) is 22.3. The molecule has 3 nitrogen and oxygen atoms in total. The third kappa shape index (κ3) is 7.23. The van der Waals surface area contributed by atoms with Crippen LogP contribution in [0.15, 0.2) is 72.9 Å². The van der Waals surface area contributed by atoms with Crippen molar-refractivity contribution in [2.75, 3.05) is 0 Å². The number of halogens is 2. The number of pyridine rings is 1. The monoisotopic (exact) mass is 536 g/mol. The van der Waals surface area contributed by atoms with Crippen molar-refractivity contribution in [2.45, 2.75) is 0 Å². The number of carbonyl (C=O) groups excluding carboxylic acids is 1. The van der Waals surface area contributed by atoms with E-state index in [1.54, 1.807) is 0 Å². The smallest absolute Gasteiger partial charge is 1.00 e. The summed E-state index contributed by atoms with van der Waals surface area (Å²) < 4.78 is 0. The second-order valence-corrected chi connectivity index (χ2v) is 4.74. The summed E-state index contributed by atoms with van der Waals surface area (Å²) in [6.07, 6.45) is 1.31. The van der Waals surface area contributed by atoms with Gasteiger partial charge in [-0.25, -0.2) is 0 Å². The molecule has 0 fully saturated rings. The fourth-order valence-electron chi connectivity index (χ4n) is 1.73. The topological polar surface area (TPSA) is 53.0 Å². The summed E-state index contributed by atoms with van der Waals surface area (Å²) in [6.45, 7) is 0. The normalized spacial score (nSPS) is 8.71. The molecule has 24 heavy (non-hydrogen) atoms. The van der Waals surface area contributed by atoms with Gasteiger partial charge in [0.05, 0.1) is 11.7 Å². The van der Waals surface area contributed by atoms with Gasteiger partial charge < -0.3 is 22.3 Å². The summed E-state index contributed by atoms with van der Waals surface area (Å²) in [4.78, 5) is 13.6. The minimum Gasteiger partial charge on any atom is -1.00 e. The van der Waals surface area contributed by atoms with Crippen LogP contribution in [0, 0.1) is 6.07 Å². The largest absolute Gasteiger partial charge is 2.00 e. The standard InChI is InChI=1S/C12H9.C6H4ClNO2.ClH.Os/c1-3-7-11(8-4-1)12-9-5-2-6-10-12;7-4-1-2-8-5(3-4)6(9)10;;/h1,3-10H;1-3H,(H,9,10);1H;/q-1;;;+2/p-2. The first-order chi connectivity index (χ1) is 10.7. The van der Waals surface area contributed by atoms with E-state index in [-0.39, 0.29) is 37.9 Å². The number of hydrogen-bond acceptors (Lipinski definition) is 3. The quantitative estimate of drug-likeness (QED) is 0.443. The third-order valence-electron chi connectivity index (χ3n) is 2.76. The van der Waals surface area contributed by atoms with E-state index in [1.165, 1.54) is 29.5 Å². The van der Waals surface area contributed by atoms with Crippen LogP contribution >= 0.6 is 11.6 Å². The van der Waals surface area contributed by atoms with Gasteiger partial charge in [-0.3, -0.25) is 4.98 Å². The molecule has 0 saturated carbocycles. The molecule has 0 amide bonds. The van der Waals surface area contributed by atoms with Crippen molar-refractivity contribution < 1.29 is 42.1 Å². The van der Waals surface area contributed by atoms with Gasteiger partial charge in [0.1, 0.15) is 0 Å². The number of aromatic carboxylic acids is 1. The van der Waals surface area contributed by atoms with E-state index in [4.69, 9.17) is 11.6 Å². The van der Waals surface area contributed by atoms with E-state index in [9.17, 15) is 9.90 Å². The van der Waals surface area contributed by atoms with Gasteiger partial charge in [0.2, 0.25) is 0 Å². The number of carboxylic acid groups (broad SMARTS) is 1. The van der Waals surface area contributed by atoms with Crippen LogP contribution < -0.4 is 17.5 Å². The van der Waals surface area contributed by atoms with Gasteiger partial charge in [0.25, 0.3) is 0 Å². The Bertz CT molecular complexity index is 703. The molecule has 1 heterocycles. The molecular weight excluding hydrogens is 523 g/mol. The number of hydrogen-bond donors (Lipinski definition) is 0. The summed E-state index contributed by atoms with van der Waals surface area (Å²) >= 11 is 5.46. The molecular formula is C18H12Cl2NO2Os-. The maximum absolute atomic E-state index is 10.1. The molecule has 0 spiro atoms. The summed E-state index contributed by atoms with van der Waals surface area (Å²) in [5.74, 6) is -1.32. The number of carboxylic acids is 1. The minimum atomic E-state index is -1.32. The van der Waals surface area contributed by atoms with Crippen molar-refractivity contribution in [3.63, 3.8) is 0 Å². The van der Waals surface area contributed by atoms with Crippen LogP contribution in [0.3, 0.4) is 0 Å². The Hall–Kier alpha value is -1.72. The zero-order chi connectivity index (χ0) is 15.8. The van der Waals surface area contributed by atoms with E-state index in [2.05, 4.69) is 35.3 Å². The zero-order valence-corrected chi connectivity index (χ0v) is 16.4. The molecule has 1 aromatic heterocycles. The SMILES string of the molecule is O=C([O-])c1cc(Cl)ccn1.[Cl-].[Os+2].[c-]1ccc(-c2ccccc2)cc1. The Morgan fingerprint density at radius 1 is 1.00 bits per heavy atom. The molecule has 0 aliphatic heterocycles. The van der Waals surface area contributed by atoms with Crippen molar-refractivity contribution in [3.8, 4) is 11.1 Å². The molecule has 0 bridgehead atoms. The van der Waals surface area contributed by atoms with Gasteiger partial charge in [-0.2, -0.15) is 30.3 Å². The Kier molecular flexibility index (Phi) is 10.9. The van der Waals surface area contributed by atoms with Gasteiger partial charge in [-0.1, -0.05) is 41.9 Å². The maximum atomic E-state index is 10.1. The van der Waals surface area contributed by atoms with Crippen LogP contribution in [0.5, 0.6) is 0 Å². The second kappa shape index (κ2) is 11.8. The fourth-order valence-corrected chi connectivity index (χ4v) is 1.89. The Morgan fingerprint density at radius 3 is 2.08 bits per heavy atom. The van der Waals surface area contributed by atoms with Gasteiger partial charge in [-0.05, 0) is 17.7 Å². The number of carbonyl (C=O) groups is 1. The van der Waals surface area contributed by atoms with E-state index >= 15 is 0 Å². The molecule has 6 heteroatoms. The van der Waals surface area contributed by atoms with Gasteiger partial charge in [0.15, 0.2) is 0 Å². The summed E-state index contributed by atoms with van der Waals surface area (Å²) in [5.41, 5.74) is 2.35. The fraction of sp³-hybridized carbons (Fsp3) is 0. The molecule has 3 aromatic rings. The average Bonchev–Trinajstić information content (AvgIpc) is 2.57. The van der Waals surface area contributed by atoms with Crippen molar-refractivity contribution in [3.05, 3.63) is 89.7 Å². The zero-order valence-electron chi connectivity index (χ0n) is 12.3. The molecule has 0 radical (unpaired) electrons. The van der Waals surface area contributed by atoms with Crippen LogP contribution in [-0.4, -0.2) is 11.0 Å². The Morgan fingerprint density at radius 2 is 1.58 bits per heavy atom. The van der Waals surface area contributed by atoms with Crippen LogP contribution in [0.4, 0.5) is 0 Å². The van der Waals surface area contributed by atoms with E-state index < -0.39 is 5.97 Å². The first-order valence-corrected chi connectivity index (χ1v) is 6.89. The number of rotatable bonds is 2. The van der Waals surface area contributed by atoms with Crippen molar-refractivity contribution in [1.82, 2.24) is 4.98 Å².